The summed E-state index contributed by atoms with van der Waals surface area (Å²) in [6.07, 6.45) is 5.66. The molecule has 0 aromatic carbocycles. The van der Waals surface area contributed by atoms with E-state index < -0.39 is 0 Å². The van der Waals surface area contributed by atoms with E-state index in [9.17, 15) is 0 Å². The van der Waals surface area contributed by atoms with Crippen LogP contribution in [-0.4, -0.2) is 23.6 Å². The number of hydrogen-bond acceptors (Lipinski definition) is 5. The Balaban J connectivity index is 2.53. The van der Waals surface area contributed by atoms with Gasteiger partial charge in [0, 0.05) is 19.7 Å². The Morgan fingerprint density at radius 1 is 1.47 bits per heavy atom. The Morgan fingerprint density at radius 2 is 2.24 bits per heavy atom. The Hall–Kier alpha value is -1.83. The maximum absolute atomic E-state index is 8.52. The van der Waals surface area contributed by atoms with E-state index in [4.69, 9.17) is 5.26 Å². The topological polar surface area (TPSA) is 64.8 Å². The van der Waals surface area contributed by atoms with Crippen LogP contribution in [0.1, 0.15) is 26.7 Å². The second kappa shape index (κ2) is 6.69. The van der Waals surface area contributed by atoms with Crippen molar-refractivity contribution in [2.24, 2.45) is 5.92 Å². The van der Waals surface area contributed by atoms with Gasteiger partial charge in [-0.15, -0.1) is 0 Å². The van der Waals surface area contributed by atoms with Crippen molar-refractivity contribution in [2.75, 3.05) is 23.8 Å². The number of nitrogens with zero attached hydrogens (tertiary/aromatic N) is 4. The van der Waals surface area contributed by atoms with Crippen molar-refractivity contribution in [1.29, 1.82) is 5.26 Å². The molecule has 1 aromatic rings. The highest BCUT2D eigenvalue weighted by Crippen LogP contribution is 2.13. The summed E-state index contributed by atoms with van der Waals surface area (Å²) in [5.41, 5.74) is 0. The highest BCUT2D eigenvalue weighted by molar-refractivity contribution is 5.49. The fourth-order valence-corrected chi connectivity index (χ4v) is 1.53. The van der Waals surface area contributed by atoms with Crippen molar-refractivity contribution in [3.63, 3.8) is 0 Å². The molecule has 0 atom stereocenters. The summed E-state index contributed by atoms with van der Waals surface area (Å²) < 4.78 is 0. The van der Waals surface area contributed by atoms with Gasteiger partial charge in [0.15, 0.2) is 6.19 Å². The molecule has 5 nitrogen and oxygen atoms in total. The van der Waals surface area contributed by atoms with Crippen molar-refractivity contribution in [1.82, 2.24) is 9.97 Å². The minimum Gasteiger partial charge on any atom is -0.360 e. The monoisotopic (exact) mass is 233 g/mol. The van der Waals surface area contributed by atoms with Crippen LogP contribution in [0, 0.1) is 17.4 Å². The van der Waals surface area contributed by atoms with E-state index in [0.29, 0.717) is 5.82 Å². The summed E-state index contributed by atoms with van der Waals surface area (Å²) in [5, 5.41) is 11.0. The third kappa shape index (κ3) is 4.68. The van der Waals surface area contributed by atoms with E-state index >= 15 is 0 Å². The zero-order valence-corrected chi connectivity index (χ0v) is 10.6. The van der Waals surface area contributed by atoms with Gasteiger partial charge < -0.3 is 4.90 Å². The van der Waals surface area contributed by atoms with Crippen molar-refractivity contribution in [2.45, 2.75) is 26.7 Å². The van der Waals surface area contributed by atoms with Crippen LogP contribution in [0.25, 0.3) is 0 Å². The smallest absolute Gasteiger partial charge is 0.182 e. The molecule has 0 aliphatic rings. The molecule has 0 fully saturated rings. The predicted molar refractivity (Wildman–Crippen MR) is 68.6 cm³/mol. The van der Waals surface area contributed by atoms with Crippen LogP contribution < -0.4 is 10.2 Å². The molecule has 1 N–H and O–H groups in total. The molecule has 1 heterocycles. The van der Waals surface area contributed by atoms with Gasteiger partial charge >= 0.3 is 0 Å². The van der Waals surface area contributed by atoms with Crippen LogP contribution in [0.4, 0.5) is 11.6 Å². The molecular formula is C12H19N5. The molecule has 1 rings (SSSR count). The van der Waals surface area contributed by atoms with E-state index in [-0.39, 0.29) is 0 Å². The summed E-state index contributed by atoms with van der Waals surface area (Å²) in [5.74, 6) is 2.10. The molecule has 0 spiro atoms. The first-order valence-corrected chi connectivity index (χ1v) is 5.81. The average molecular weight is 233 g/mol. The first-order chi connectivity index (χ1) is 8.13. The second-order valence-electron chi connectivity index (χ2n) is 4.46. The fourth-order valence-electron chi connectivity index (χ4n) is 1.53. The van der Waals surface area contributed by atoms with Gasteiger partial charge in [0.25, 0.3) is 0 Å². The van der Waals surface area contributed by atoms with Crippen LogP contribution in [0.3, 0.4) is 0 Å². The fraction of sp³-hybridized carbons (Fsp3) is 0.583. The number of aromatic nitrogens is 2. The maximum Gasteiger partial charge on any atom is 0.182 e. The molecule has 17 heavy (non-hydrogen) atoms. The molecule has 0 aliphatic carbocycles. The lowest BCUT2D eigenvalue weighted by Crippen LogP contribution is -2.20. The maximum atomic E-state index is 8.52. The zero-order valence-electron chi connectivity index (χ0n) is 10.6. The molecule has 92 valence electrons. The molecule has 0 aliphatic heterocycles. The van der Waals surface area contributed by atoms with Crippen LogP contribution in [0.15, 0.2) is 12.4 Å². The minimum absolute atomic E-state index is 0.535. The Bertz CT molecular complexity index is 383. The third-order valence-electron chi connectivity index (χ3n) is 2.50. The first kappa shape index (κ1) is 13.2. The molecule has 0 saturated carbocycles. The summed E-state index contributed by atoms with van der Waals surface area (Å²) in [6, 6.07) is 1.78. The summed E-state index contributed by atoms with van der Waals surface area (Å²) in [7, 11) is 2.00. The van der Waals surface area contributed by atoms with Gasteiger partial charge in [0.05, 0.1) is 0 Å². The molecule has 0 bridgehead atoms. The van der Waals surface area contributed by atoms with Crippen LogP contribution in [0.2, 0.25) is 0 Å². The van der Waals surface area contributed by atoms with Crippen LogP contribution in [0.5, 0.6) is 0 Å². The van der Waals surface area contributed by atoms with Gasteiger partial charge in [-0.2, -0.15) is 5.26 Å². The van der Waals surface area contributed by atoms with Gasteiger partial charge in [0.2, 0.25) is 0 Å². The van der Waals surface area contributed by atoms with Crippen molar-refractivity contribution in [3.05, 3.63) is 12.4 Å². The van der Waals surface area contributed by atoms with Crippen LogP contribution >= 0.6 is 0 Å². The third-order valence-corrected chi connectivity index (χ3v) is 2.50. The second-order valence-corrected chi connectivity index (χ2v) is 4.46. The van der Waals surface area contributed by atoms with E-state index in [0.717, 1.165) is 24.7 Å². The van der Waals surface area contributed by atoms with Gasteiger partial charge in [-0.05, 0) is 18.8 Å². The number of hydrogen-bond donors (Lipinski definition) is 1. The predicted octanol–water partition coefficient (Wildman–Crippen LogP) is 2.24. The SMILES string of the molecule is CC(C)CCCN(C)c1cc(NC#N)ncn1. The van der Waals surface area contributed by atoms with Gasteiger partial charge in [-0.1, -0.05) is 13.8 Å². The lowest BCUT2D eigenvalue weighted by atomic mass is 10.1. The first-order valence-electron chi connectivity index (χ1n) is 5.81. The number of rotatable bonds is 6. The molecule has 1 aromatic heterocycles. The largest absolute Gasteiger partial charge is 0.360 e. The van der Waals surface area contributed by atoms with E-state index in [1.807, 2.05) is 13.2 Å². The van der Waals surface area contributed by atoms with E-state index in [1.54, 1.807) is 6.07 Å². The summed E-state index contributed by atoms with van der Waals surface area (Å²) >= 11 is 0. The number of nitrogens with one attached hydrogen (secondary N) is 1. The standard InChI is InChI=1S/C12H19N5/c1-10(2)5-4-6-17(3)12-7-11(14-8-13)15-9-16-12/h7,9-10H,4-6H2,1-3H3,(H,14,15,16). The molecule has 5 heteroatoms. The quantitative estimate of drug-likeness (QED) is 0.603. The molecule has 0 unspecified atom stereocenters. The van der Waals surface area contributed by atoms with Crippen molar-refractivity contribution in [3.8, 4) is 6.19 Å². The van der Waals surface area contributed by atoms with Gasteiger partial charge in [-0.3, -0.25) is 5.32 Å². The Kier molecular flexibility index (Phi) is 5.21. The molecule has 0 saturated heterocycles. The Labute approximate surface area is 102 Å². The zero-order chi connectivity index (χ0) is 12.7. The number of anilines is 2. The summed E-state index contributed by atoms with van der Waals surface area (Å²) in [6.45, 7) is 5.40. The van der Waals surface area contributed by atoms with Gasteiger partial charge in [0.1, 0.15) is 18.0 Å². The molecule has 0 radical (unpaired) electrons. The molecular weight excluding hydrogens is 214 g/mol. The highest BCUT2D eigenvalue weighted by atomic mass is 15.2. The highest BCUT2D eigenvalue weighted by Gasteiger charge is 2.04. The normalized spacial score (nSPS) is 10.1. The molecule has 0 amide bonds. The average Bonchev–Trinajstić information content (AvgIpc) is 2.29. The lowest BCUT2D eigenvalue weighted by Gasteiger charge is -2.18. The minimum atomic E-state index is 0.535. The van der Waals surface area contributed by atoms with Crippen molar-refractivity contribution >= 4 is 11.6 Å². The van der Waals surface area contributed by atoms with E-state index in [2.05, 4.69) is 34.0 Å². The lowest BCUT2D eigenvalue weighted by molar-refractivity contribution is 0.555. The van der Waals surface area contributed by atoms with Crippen molar-refractivity contribution < 1.29 is 0 Å². The van der Waals surface area contributed by atoms with E-state index in [1.165, 1.54) is 12.7 Å². The van der Waals surface area contributed by atoms with Gasteiger partial charge in [-0.25, -0.2) is 9.97 Å². The number of nitriles is 1. The Morgan fingerprint density at radius 3 is 2.88 bits per heavy atom. The van der Waals surface area contributed by atoms with Crippen LogP contribution in [-0.2, 0) is 0 Å². The summed E-state index contributed by atoms with van der Waals surface area (Å²) in [4.78, 5) is 10.2.